The molecule has 4 rings (SSSR count). The predicted molar refractivity (Wildman–Crippen MR) is 161 cm³/mol. The highest BCUT2D eigenvalue weighted by Crippen LogP contribution is 2.35. The molecule has 6 nitrogen and oxygen atoms in total. The number of hydrogen-bond acceptors (Lipinski definition) is 4. The Morgan fingerprint density at radius 2 is 0.975 bits per heavy atom. The van der Waals surface area contributed by atoms with Gasteiger partial charge in [-0.05, 0) is 85.3 Å². The summed E-state index contributed by atoms with van der Waals surface area (Å²) in [5.74, 6) is 0.883. The Kier molecular flexibility index (Phi) is 8.90. The van der Waals surface area contributed by atoms with Gasteiger partial charge in [-0.1, -0.05) is 59.7 Å². The number of nitrogens with one attached hydrogen (secondary N) is 2. The second-order valence-electron chi connectivity index (χ2n) is 10.1. The van der Waals surface area contributed by atoms with E-state index in [-0.39, 0.29) is 24.7 Å². The van der Waals surface area contributed by atoms with Crippen molar-refractivity contribution in [2.75, 3.05) is 24.9 Å². The highest BCUT2D eigenvalue weighted by atomic mass is 16.5. The van der Waals surface area contributed by atoms with E-state index in [0.29, 0.717) is 22.9 Å². The maximum Gasteiger partial charge on any atom is 0.228 e. The van der Waals surface area contributed by atoms with E-state index in [1.807, 2.05) is 88.4 Å². The Morgan fingerprint density at radius 1 is 0.575 bits per heavy atom. The van der Waals surface area contributed by atoms with E-state index in [0.717, 1.165) is 33.4 Å². The van der Waals surface area contributed by atoms with Gasteiger partial charge in [-0.25, -0.2) is 0 Å². The van der Waals surface area contributed by atoms with Crippen molar-refractivity contribution in [1.82, 2.24) is 0 Å². The summed E-state index contributed by atoms with van der Waals surface area (Å²) in [7, 11) is 3.15. The zero-order valence-corrected chi connectivity index (χ0v) is 24.0. The van der Waals surface area contributed by atoms with Crippen molar-refractivity contribution in [3.8, 4) is 22.6 Å². The van der Waals surface area contributed by atoms with Crippen LogP contribution in [0, 0.1) is 27.7 Å². The summed E-state index contributed by atoms with van der Waals surface area (Å²) in [4.78, 5) is 25.6. The van der Waals surface area contributed by atoms with Gasteiger partial charge in [0.25, 0.3) is 0 Å². The summed E-state index contributed by atoms with van der Waals surface area (Å²) in [5, 5.41) is 5.95. The van der Waals surface area contributed by atoms with Gasteiger partial charge in [0.05, 0.1) is 38.4 Å². The van der Waals surface area contributed by atoms with Gasteiger partial charge in [-0.15, -0.1) is 0 Å². The summed E-state index contributed by atoms with van der Waals surface area (Å²) in [6, 6.07) is 23.4. The molecule has 0 radical (unpaired) electrons. The van der Waals surface area contributed by atoms with Crippen molar-refractivity contribution in [3.05, 3.63) is 106 Å². The summed E-state index contributed by atoms with van der Waals surface area (Å²) in [5.41, 5.74) is 9.48. The molecule has 0 aliphatic carbocycles. The van der Waals surface area contributed by atoms with Crippen LogP contribution in [0.1, 0.15) is 33.4 Å². The van der Waals surface area contributed by atoms with E-state index < -0.39 is 0 Å². The van der Waals surface area contributed by atoms with Gasteiger partial charge in [-0.2, -0.15) is 0 Å². The predicted octanol–water partition coefficient (Wildman–Crippen LogP) is 6.97. The third kappa shape index (κ3) is 6.89. The fourth-order valence-corrected chi connectivity index (χ4v) is 4.77. The molecule has 0 saturated heterocycles. The molecule has 0 saturated carbocycles. The van der Waals surface area contributed by atoms with E-state index in [4.69, 9.17) is 9.47 Å². The Balaban J connectivity index is 1.48. The molecule has 4 aromatic carbocycles. The maximum absolute atomic E-state index is 12.8. The Labute approximate surface area is 236 Å². The Hall–Kier alpha value is -4.58. The first-order valence-corrected chi connectivity index (χ1v) is 13.2. The maximum atomic E-state index is 12.8. The van der Waals surface area contributed by atoms with Crippen LogP contribution in [-0.2, 0) is 22.4 Å². The van der Waals surface area contributed by atoms with Gasteiger partial charge in [0.1, 0.15) is 11.5 Å². The molecule has 0 aliphatic rings. The number of hydrogen-bond donors (Lipinski definition) is 2. The van der Waals surface area contributed by atoms with Crippen LogP contribution >= 0.6 is 0 Å². The fourth-order valence-electron chi connectivity index (χ4n) is 4.77. The number of ether oxygens (including phenoxy) is 2. The van der Waals surface area contributed by atoms with Gasteiger partial charge in [-0.3, -0.25) is 9.59 Å². The van der Waals surface area contributed by atoms with Crippen molar-refractivity contribution < 1.29 is 19.1 Å². The second kappa shape index (κ2) is 12.5. The van der Waals surface area contributed by atoms with Gasteiger partial charge >= 0.3 is 0 Å². The molecular formula is C34H36N2O4. The van der Waals surface area contributed by atoms with E-state index >= 15 is 0 Å². The van der Waals surface area contributed by atoms with Crippen LogP contribution in [0.3, 0.4) is 0 Å². The Morgan fingerprint density at radius 3 is 1.32 bits per heavy atom. The highest BCUT2D eigenvalue weighted by Gasteiger charge is 2.14. The molecule has 40 heavy (non-hydrogen) atoms. The molecule has 0 bridgehead atoms. The van der Waals surface area contributed by atoms with Crippen molar-refractivity contribution >= 4 is 23.2 Å². The van der Waals surface area contributed by atoms with E-state index in [2.05, 4.69) is 22.8 Å². The molecule has 0 aliphatic heterocycles. The zero-order valence-electron chi connectivity index (χ0n) is 24.0. The lowest BCUT2D eigenvalue weighted by molar-refractivity contribution is -0.116. The molecule has 0 unspecified atom stereocenters. The molecule has 206 valence electrons. The standard InChI is InChI=1S/C34H36N2O4/c1-21-7-9-25(23(3)15-21)19-33(37)35-29-13-11-27(17-31(29)39-5)28-12-14-30(32(18-28)40-6)36-34(38)20-26-10-8-22(2)16-24(26)4/h7-18H,19-20H2,1-6H3,(H,35,37)(H,36,38). The number of aryl methyl sites for hydroxylation is 4. The van der Waals surface area contributed by atoms with Crippen LogP contribution in [-0.4, -0.2) is 26.0 Å². The minimum atomic E-state index is -0.111. The van der Waals surface area contributed by atoms with Gasteiger partial charge in [0.2, 0.25) is 11.8 Å². The molecule has 0 fully saturated rings. The van der Waals surface area contributed by atoms with Crippen molar-refractivity contribution in [3.63, 3.8) is 0 Å². The molecule has 0 spiro atoms. The first-order valence-electron chi connectivity index (χ1n) is 13.2. The topological polar surface area (TPSA) is 76.7 Å². The molecule has 6 heteroatoms. The summed E-state index contributed by atoms with van der Waals surface area (Å²) in [6.45, 7) is 8.10. The normalized spacial score (nSPS) is 10.7. The summed E-state index contributed by atoms with van der Waals surface area (Å²) >= 11 is 0. The minimum Gasteiger partial charge on any atom is -0.495 e. The lowest BCUT2D eigenvalue weighted by atomic mass is 10.0. The number of carbonyl (C=O) groups is 2. The smallest absolute Gasteiger partial charge is 0.228 e. The minimum absolute atomic E-state index is 0.111. The lowest BCUT2D eigenvalue weighted by Gasteiger charge is -2.15. The number of carbonyl (C=O) groups excluding carboxylic acids is 2. The molecule has 2 N–H and O–H groups in total. The average Bonchev–Trinajstić information content (AvgIpc) is 2.92. The van der Waals surface area contributed by atoms with E-state index in [9.17, 15) is 9.59 Å². The van der Waals surface area contributed by atoms with Crippen LogP contribution in [0.5, 0.6) is 11.5 Å². The van der Waals surface area contributed by atoms with E-state index in [1.54, 1.807) is 14.2 Å². The molecular weight excluding hydrogens is 500 g/mol. The van der Waals surface area contributed by atoms with Crippen LogP contribution in [0.15, 0.2) is 72.8 Å². The van der Waals surface area contributed by atoms with Crippen LogP contribution in [0.4, 0.5) is 11.4 Å². The van der Waals surface area contributed by atoms with E-state index in [1.165, 1.54) is 11.1 Å². The number of methoxy groups -OCH3 is 2. The Bertz CT molecular complexity index is 1440. The van der Waals surface area contributed by atoms with Gasteiger partial charge in [0.15, 0.2) is 0 Å². The van der Waals surface area contributed by atoms with Crippen LogP contribution < -0.4 is 20.1 Å². The van der Waals surface area contributed by atoms with Crippen molar-refractivity contribution in [1.29, 1.82) is 0 Å². The van der Waals surface area contributed by atoms with Crippen molar-refractivity contribution in [2.45, 2.75) is 40.5 Å². The lowest BCUT2D eigenvalue weighted by Crippen LogP contribution is -2.16. The van der Waals surface area contributed by atoms with Crippen LogP contribution in [0.2, 0.25) is 0 Å². The van der Waals surface area contributed by atoms with Crippen molar-refractivity contribution in [2.24, 2.45) is 0 Å². The molecule has 0 atom stereocenters. The summed E-state index contributed by atoms with van der Waals surface area (Å²) in [6.07, 6.45) is 0.565. The first kappa shape index (κ1) is 28.4. The molecule has 0 heterocycles. The van der Waals surface area contributed by atoms with Gasteiger partial charge < -0.3 is 20.1 Å². The SMILES string of the molecule is COc1cc(-c2ccc(NC(=O)Cc3ccc(C)cc3C)c(OC)c2)ccc1NC(=O)Cc1ccc(C)cc1C. The second-order valence-corrected chi connectivity index (χ2v) is 10.1. The van der Waals surface area contributed by atoms with Crippen LogP contribution in [0.25, 0.3) is 11.1 Å². The quantitative estimate of drug-likeness (QED) is 0.242. The fraction of sp³-hybridized carbons (Fsp3) is 0.235. The average molecular weight is 537 g/mol. The molecule has 2 amide bonds. The zero-order chi connectivity index (χ0) is 28.8. The largest absolute Gasteiger partial charge is 0.495 e. The third-order valence-electron chi connectivity index (χ3n) is 6.98. The first-order chi connectivity index (χ1) is 19.2. The van der Waals surface area contributed by atoms with Gasteiger partial charge in [0, 0.05) is 0 Å². The number of rotatable bonds is 9. The number of benzene rings is 4. The highest BCUT2D eigenvalue weighted by molar-refractivity contribution is 5.95. The molecule has 0 aromatic heterocycles. The summed E-state index contributed by atoms with van der Waals surface area (Å²) < 4.78 is 11.2. The number of anilines is 2. The monoisotopic (exact) mass is 536 g/mol. The molecule has 4 aromatic rings. The number of amides is 2. The third-order valence-corrected chi connectivity index (χ3v) is 6.98.